The lowest BCUT2D eigenvalue weighted by Gasteiger charge is -2.35. The summed E-state index contributed by atoms with van der Waals surface area (Å²) in [6.45, 7) is 3.39. The van der Waals surface area contributed by atoms with Gasteiger partial charge in [-0.2, -0.15) is 12.7 Å². The van der Waals surface area contributed by atoms with Gasteiger partial charge in [-0.1, -0.05) is 0 Å². The van der Waals surface area contributed by atoms with Gasteiger partial charge in [-0.3, -0.25) is 0 Å². The fraction of sp³-hybridized carbons (Fsp3) is 1.00. The van der Waals surface area contributed by atoms with E-state index in [1.165, 1.54) is 11.4 Å². The van der Waals surface area contributed by atoms with Gasteiger partial charge in [-0.15, -0.1) is 0 Å². The van der Waals surface area contributed by atoms with Crippen molar-refractivity contribution in [3.05, 3.63) is 0 Å². The van der Waals surface area contributed by atoms with Gasteiger partial charge in [-0.05, 0) is 40.0 Å². The summed E-state index contributed by atoms with van der Waals surface area (Å²) in [4.78, 5) is 4.55. The lowest BCUT2D eigenvalue weighted by Crippen LogP contribution is -2.45. The average molecular weight is 264 g/mol. The minimum absolute atomic E-state index is 0.446. The molecule has 0 amide bonds. The zero-order chi connectivity index (χ0) is 13.1. The summed E-state index contributed by atoms with van der Waals surface area (Å²) in [5.41, 5.74) is 0. The van der Waals surface area contributed by atoms with E-state index in [1.807, 2.05) is 7.05 Å². The Balaban J connectivity index is 2.32. The Morgan fingerprint density at radius 2 is 1.76 bits per heavy atom. The topological polar surface area (TPSA) is 69.9 Å². The number of piperidine rings is 1. The van der Waals surface area contributed by atoms with E-state index >= 15 is 0 Å². The van der Waals surface area contributed by atoms with Crippen molar-refractivity contribution in [1.82, 2.24) is 14.1 Å². The highest BCUT2D eigenvalue weighted by molar-refractivity contribution is 7.86. The van der Waals surface area contributed by atoms with Crippen LogP contribution in [0.5, 0.6) is 0 Å². The molecule has 0 radical (unpaired) electrons. The third-order valence-corrected chi connectivity index (χ3v) is 4.56. The van der Waals surface area contributed by atoms with Crippen LogP contribution in [-0.2, 0) is 10.2 Å². The van der Waals surface area contributed by atoms with Gasteiger partial charge in [-0.25, -0.2) is 5.14 Å². The van der Waals surface area contributed by atoms with Crippen LogP contribution in [0.3, 0.4) is 0 Å². The molecule has 0 aromatic heterocycles. The molecule has 17 heavy (non-hydrogen) atoms. The predicted octanol–water partition coefficient (Wildman–Crippen LogP) is -0.852. The van der Waals surface area contributed by atoms with E-state index in [0.717, 1.165) is 32.5 Å². The summed E-state index contributed by atoms with van der Waals surface area (Å²) in [5, 5.41) is 5.03. The van der Waals surface area contributed by atoms with Crippen LogP contribution in [0.4, 0.5) is 0 Å². The second kappa shape index (κ2) is 6.10. The lowest BCUT2D eigenvalue weighted by atomic mass is 10.0. The van der Waals surface area contributed by atoms with E-state index < -0.39 is 10.2 Å². The van der Waals surface area contributed by atoms with Crippen molar-refractivity contribution in [2.45, 2.75) is 18.9 Å². The lowest BCUT2D eigenvalue weighted by molar-refractivity contribution is 0.141. The summed E-state index contributed by atoms with van der Waals surface area (Å²) in [5.74, 6) is 0. The highest BCUT2D eigenvalue weighted by atomic mass is 32.2. The first-order chi connectivity index (χ1) is 7.80. The fourth-order valence-corrected chi connectivity index (χ4v) is 2.38. The third-order valence-electron chi connectivity index (χ3n) is 3.51. The van der Waals surface area contributed by atoms with E-state index in [4.69, 9.17) is 5.14 Å². The van der Waals surface area contributed by atoms with Crippen LogP contribution in [0, 0.1) is 0 Å². The number of hydrogen-bond acceptors (Lipinski definition) is 4. The molecule has 1 fully saturated rings. The predicted molar refractivity (Wildman–Crippen MR) is 68.9 cm³/mol. The van der Waals surface area contributed by atoms with Crippen molar-refractivity contribution in [1.29, 1.82) is 0 Å². The SMILES string of the molecule is CN1CCC(N(C)CCN(C)S(N)(=O)=O)CC1. The molecule has 1 heterocycles. The molecule has 6 nitrogen and oxygen atoms in total. The van der Waals surface area contributed by atoms with Crippen LogP contribution in [0.25, 0.3) is 0 Å². The van der Waals surface area contributed by atoms with Gasteiger partial charge in [0.2, 0.25) is 0 Å². The molecule has 7 heteroatoms. The number of nitrogens with two attached hydrogens (primary N) is 1. The zero-order valence-electron chi connectivity index (χ0n) is 11.0. The van der Waals surface area contributed by atoms with Gasteiger partial charge >= 0.3 is 0 Å². The Labute approximate surface area is 105 Å². The van der Waals surface area contributed by atoms with Crippen molar-refractivity contribution in [2.75, 3.05) is 47.3 Å². The third kappa shape index (κ3) is 4.89. The van der Waals surface area contributed by atoms with Gasteiger partial charge in [0.15, 0.2) is 0 Å². The minimum Gasteiger partial charge on any atom is -0.306 e. The van der Waals surface area contributed by atoms with E-state index in [0.29, 0.717) is 12.6 Å². The van der Waals surface area contributed by atoms with Crippen LogP contribution in [0.15, 0.2) is 0 Å². The van der Waals surface area contributed by atoms with Gasteiger partial charge in [0.05, 0.1) is 0 Å². The smallest absolute Gasteiger partial charge is 0.276 e. The van der Waals surface area contributed by atoms with E-state index in [1.54, 1.807) is 0 Å². The molecule has 1 aliphatic rings. The Bertz CT molecular complexity index is 325. The largest absolute Gasteiger partial charge is 0.306 e. The van der Waals surface area contributed by atoms with Gasteiger partial charge in [0, 0.05) is 26.2 Å². The molecule has 0 spiro atoms. The van der Waals surface area contributed by atoms with Crippen molar-refractivity contribution in [2.24, 2.45) is 5.14 Å². The van der Waals surface area contributed by atoms with Crippen LogP contribution in [-0.4, -0.2) is 75.9 Å². The summed E-state index contributed by atoms with van der Waals surface area (Å²) in [6, 6.07) is 0.556. The van der Waals surface area contributed by atoms with E-state index in [9.17, 15) is 8.42 Å². The molecule has 0 bridgehead atoms. The molecule has 2 N–H and O–H groups in total. The Kier molecular flexibility index (Phi) is 5.33. The molecular weight excluding hydrogens is 240 g/mol. The second-order valence-corrected chi connectivity index (χ2v) is 6.53. The minimum atomic E-state index is -3.54. The van der Waals surface area contributed by atoms with Gasteiger partial charge < -0.3 is 9.80 Å². The molecule has 0 aromatic rings. The number of nitrogens with zero attached hydrogens (tertiary/aromatic N) is 3. The summed E-state index contributed by atoms with van der Waals surface area (Å²) < 4.78 is 23.3. The zero-order valence-corrected chi connectivity index (χ0v) is 11.8. The highest BCUT2D eigenvalue weighted by Crippen LogP contribution is 2.13. The average Bonchev–Trinajstić information content (AvgIpc) is 2.25. The van der Waals surface area contributed by atoms with Gasteiger partial charge in [0.1, 0.15) is 0 Å². The van der Waals surface area contributed by atoms with Crippen LogP contribution in [0.2, 0.25) is 0 Å². The Morgan fingerprint density at radius 1 is 1.24 bits per heavy atom. The molecule has 0 unspecified atom stereocenters. The molecule has 0 aromatic carbocycles. The Morgan fingerprint density at radius 3 is 2.24 bits per heavy atom. The molecule has 1 rings (SSSR count). The first-order valence-corrected chi connectivity index (χ1v) is 7.44. The first kappa shape index (κ1) is 14.8. The second-order valence-electron chi connectivity index (χ2n) is 4.88. The standard InChI is InChI=1S/C10H24N4O2S/c1-12-6-4-10(5-7-12)13(2)8-9-14(3)17(11,15)16/h10H,4-9H2,1-3H3,(H2,11,15,16). The molecular formula is C10H24N4O2S. The van der Waals surface area contributed by atoms with Crippen molar-refractivity contribution >= 4 is 10.2 Å². The monoisotopic (exact) mass is 264 g/mol. The maximum Gasteiger partial charge on any atom is 0.276 e. The number of hydrogen-bond donors (Lipinski definition) is 1. The highest BCUT2D eigenvalue weighted by Gasteiger charge is 2.21. The summed E-state index contributed by atoms with van der Waals surface area (Å²) in [7, 11) is 2.15. The maximum absolute atomic E-state index is 11.0. The molecule has 1 saturated heterocycles. The molecule has 0 saturated carbocycles. The van der Waals surface area contributed by atoms with E-state index in [-0.39, 0.29) is 0 Å². The fourth-order valence-electron chi connectivity index (χ4n) is 2.04. The van der Waals surface area contributed by atoms with Crippen LogP contribution < -0.4 is 5.14 Å². The maximum atomic E-state index is 11.0. The summed E-state index contributed by atoms with van der Waals surface area (Å²) in [6.07, 6.45) is 2.29. The molecule has 0 atom stereocenters. The number of likely N-dealkylation sites (N-methyl/N-ethyl adjacent to an activating group) is 2. The van der Waals surface area contributed by atoms with Crippen molar-refractivity contribution in [3.63, 3.8) is 0 Å². The molecule has 102 valence electrons. The normalized spacial score (nSPS) is 20.4. The number of rotatable bonds is 5. The van der Waals surface area contributed by atoms with E-state index in [2.05, 4.69) is 16.8 Å². The first-order valence-electron chi connectivity index (χ1n) is 5.93. The Hall–Kier alpha value is -0.210. The molecule has 1 aliphatic heterocycles. The van der Waals surface area contributed by atoms with Crippen molar-refractivity contribution in [3.8, 4) is 0 Å². The van der Waals surface area contributed by atoms with Crippen LogP contribution in [0.1, 0.15) is 12.8 Å². The van der Waals surface area contributed by atoms with Crippen molar-refractivity contribution < 1.29 is 8.42 Å². The quantitative estimate of drug-likeness (QED) is 0.702. The van der Waals surface area contributed by atoms with Gasteiger partial charge in [0.25, 0.3) is 10.2 Å². The number of likely N-dealkylation sites (tertiary alicyclic amines) is 1. The molecule has 0 aliphatic carbocycles. The summed E-state index contributed by atoms with van der Waals surface area (Å²) >= 11 is 0. The van der Waals surface area contributed by atoms with Crippen LogP contribution >= 0.6 is 0 Å².